The summed E-state index contributed by atoms with van der Waals surface area (Å²) in [6.07, 6.45) is 0.511. The van der Waals surface area contributed by atoms with Gasteiger partial charge < -0.3 is 10.5 Å². The molecule has 0 bridgehead atoms. The molecule has 18 heavy (non-hydrogen) atoms. The van der Waals surface area contributed by atoms with Crippen molar-refractivity contribution in [3.8, 4) is 6.07 Å². The van der Waals surface area contributed by atoms with Gasteiger partial charge in [-0.25, -0.2) is 4.99 Å². The third-order valence-corrected chi connectivity index (χ3v) is 3.08. The van der Waals surface area contributed by atoms with Crippen molar-refractivity contribution >= 4 is 17.4 Å². The molecule has 0 amide bonds. The van der Waals surface area contributed by atoms with Gasteiger partial charge in [0.05, 0.1) is 12.7 Å². The normalized spacial score (nSPS) is 19.2. The monoisotopic (exact) mass is 261 g/mol. The van der Waals surface area contributed by atoms with E-state index >= 15 is 0 Å². The summed E-state index contributed by atoms with van der Waals surface area (Å²) in [7, 11) is 1.48. The maximum atomic E-state index is 9.24. The van der Waals surface area contributed by atoms with Crippen molar-refractivity contribution in [2.45, 2.75) is 12.3 Å². The molecule has 0 saturated carbocycles. The van der Waals surface area contributed by atoms with Crippen LogP contribution < -0.4 is 5.73 Å². The molecular weight excluding hydrogens is 250 g/mol. The maximum absolute atomic E-state index is 9.24. The highest BCUT2D eigenvalue weighted by atomic mass is 35.5. The number of amidine groups is 1. The number of aliphatic imine (C=N–C) groups is 1. The van der Waals surface area contributed by atoms with Crippen LogP contribution in [0.3, 0.4) is 0 Å². The topological polar surface area (TPSA) is 71.4 Å². The van der Waals surface area contributed by atoms with E-state index in [-0.39, 0.29) is 5.92 Å². The number of hydrogen-bond acceptors (Lipinski definition) is 4. The predicted octanol–water partition coefficient (Wildman–Crippen LogP) is 2.57. The summed E-state index contributed by atoms with van der Waals surface area (Å²) >= 11 is 5.86. The average Bonchev–Trinajstić information content (AvgIpc) is 2.38. The van der Waals surface area contributed by atoms with Gasteiger partial charge in [-0.2, -0.15) is 5.26 Å². The second-order valence-electron chi connectivity index (χ2n) is 3.95. The lowest BCUT2D eigenvalue weighted by Gasteiger charge is -2.21. The van der Waals surface area contributed by atoms with Gasteiger partial charge in [-0.15, -0.1) is 0 Å². The summed E-state index contributed by atoms with van der Waals surface area (Å²) in [6.45, 7) is 0. The SMILES string of the molecule is COC1=C(C#N)C(c2ccc(Cl)cc2)CC(N)=N1. The lowest BCUT2D eigenvalue weighted by Crippen LogP contribution is -2.22. The Hall–Kier alpha value is -1.99. The Morgan fingerprint density at radius 2 is 2.11 bits per heavy atom. The van der Waals surface area contributed by atoms with E-state index in [1.807, 2.05) is 12.1 Å². The number of methoxy groups -OCH3 is 1. The number of nitriles is 1. The number of benzene rings is 1. The molecule has 2 N–H and O–H groups in total. The van der Waals surface area contributed by atoms with Crippen molar-refractivity contribution in [2.75, 3.05) is 7.11 Å². The lowest BCUT2D eigenvalue weighted by atomic mass is 9.87. The number of rotatable bonds is 2. The molecule has 1 atom stereocenters. The van der Waals surface area contributed by atoms with E-state index in [2.05, 4.69) is 11.1 Å². The molecule has 1 aliphatic heterocycles. The zero-order chi connectivity index (χ0) is 13.1. The second-order valence-corrected chi connectivity index (χ2v) is 4.38. The standard InChI is InChI=1S/C13H12ClN3O/c1-18-13-11(7-15)10(6-12(16)17-13)8-2-4-9(14)5-3-8/h2-5,10H,6H2,1H3,(H2,16,17). The van der Waals surface area contributed by atoms with Crippen molar-refractivity contribution in [2.24, 2.45) is 10.7 Å². The van der Waals surface area contributed by atoms with E-state index in [0.29, 0.717) is 28.7 Å². The Balaban J connectivity index is 2.45. The number of nitrogens with zero attached hydrogens (tertiary/aromatic N) is 2. The van der Waals surface area contributed by atoms with E-state index in [9.17, 15) is 5.26 Å². The first-order valence-corrected chi connectivity index (χ1v) is 5.80. The van der Waals surface area contributed by atoms with Gasteiger partial charge in [-0.1, -0.05) is 23.7 Å². The minimum absolute atomic E-state index is 0.125. The van der Waals surface area contributed by atoms with Crippen LogP contribution in [0.25, 0.3) is 0 Å². The number of halogens is 1. The summed E-state index contributed by atoms with van der Waals surface area (Å²) in [5, 5.41) is 9.90. The highest BCUT2D eigenvalue weighted by Gasteiger charge is 2.26. The Morgan fingerprint density at radius 3 is 2.67 bits per heavy atom. The average molecular weight is 262 g/mol. The molecule has 5 heteroatoms. The zero-order valence-corrected chi connectivity index (χ0v) is 10.6. The summed E-state index contributed by atoms with van der Waals surface area (Å²) in [4.78, 5) is 4.05. The number of ether oxygens (including phenoxy) is 1. The minimum Gasteiger partial charge on any atom is -0.480 e. The highest BCUT2D eigenvalue weighted by molar-refractivity contribution is 6.30. The van der Waals surface area contributed by atoms with Gasteiger partial charge in [-0.3, -0.25) is 0 Å². The number of nitrogens with two attached hydrogens (primary N) is 1. The summed E-state index contributed by atoms with van der Waals surface area (Å²) < 4.78 is 5.10. The molecule has 0 radical (unpaired) electrons. The molecule has 1 aromatic rings. The van der Waals surface area contributed by atoms with Crippen LogP contribution in [0.2, 0.25) is 5.02 Å². The third kappa shape index (κ3) is 2.31. The minimum atomic E-state index is -0.125. The van der Waals surface area contributed by atoms with Crippen LogP contribution in [0.5, 0.6) is 0 Å². The smallest absolute Gasteiger partial charge is 0.229 e. The van der Waals surface area contributed by atoms with Crippen LogP contribution in [0.4, 0.5) is 0 Å². The van der Waals surface area contributed by atoms with Crippen LogP contribution >= 0.6 is 11.6 Å². The number of allylic oxidation sites excluding steroid dienone is 1. The van der Waals surface area contributed by atoms with Gasteiger partial charge in [-0.05, 0) is 17.7 Å². The predicted molar refractivity (Wildman–Crippen MR) is 70.1 cm³/mol. The molecule has 2 rings (SSSR count). The molecule has 1 aliphatic rings. The fourth-order valence-corrected chi connectivity index (χ4v) is 2.08. The Kier molecular flexibility index (Phi) is 3.54. The van der Waals surface area contributed by atoms with E-state index in [1.54, 1.807) is 12.1 Å². The summed E-state index contributed by atoms with van der Waals surface area (Å²) in [5.41, 5.74) is 7.25. The van der Waals surface area contributed by atoms with Gasteiger partial charge in [0.1, 0.15) is 11.9 Å². The molecule has 1 heterocycles. The van der Waals surface area contributed by atoms with Crippen LogP contribution in [0, 0.1) is 11.3 Å². The summed E-state index contributed by atoms with van der Waals surface area (Å²) in [5.74, 6) is 0.631. The van der Waals surface area contributed by atoms with E-state index in [1.165, 1.54) is 7.11 Å². The first-order valence-electron chi connectivity index (χ1n) is 5.42. The van der Waals surface area contributed by atoms with Gasteiger partial charge in [0, 0.05) is 17.4 Å². The molecule has 4 nitrogen and oxygen atoms in total. The molecule has 1 unspecified atom stereocenters. The van der Waals surface area contributed by atoms with E-state index in [0.717, 1.165) is 5.56 Å². The molecule has 0 fully saturated rings. The zero-order valence-electron chi connectivity index (χ0n) is 9.85. The quantitative estimate of drug-likeness (QED) is 0.889. The molecule has 0 spiro atoms. The number of hydrogen-bond donors (Lipinski definition) is 1. The van der Waals surface area contributed by atoms with Crippen molar-refractivity contribution in [1.82, 2.24) is 0 Å². The van der Waals surface area contributed by atoms with Crippen LogP contribution in [0.15, 0.2) is 40.7 Å². The fraction of sp³-hybridized carbons (Fsp3) is 0.231. The highest BCUT2D eigenvalue weighted by Crippen LogP contribution is 2.33. The largest absolute Gasteiger partial charge is 0.480 e. The van der Waals surface area contributed by atoms with Gasteiger partial charge >= 0.3 is 0 Å². The second kappa shape index (κ2) is 5.11. The lowest BCUT2D eigenvalue weighted by molar-refractivity contribution is 0.280. The van der Waals surface area contributed by atoms with Crippen molar-refractivity contribution in [3.63, 3.8) is 0 Å². The Morgan fingerprint density at radius 1 is 1.44 bits per heavy atom. The van der Waals surface area contributed by atoms with Crippen molar-refractivity contribution in [3.05, 3.63) is 46.3 Å². The molecule has 92 valence electrons. The molecule has 0 saturated heterocycles. The van der Waals surface area contributed by atoms with Gasteiger partial charge in [0.25, 0.3) is 0 Å². The Bertz CT molecular complexity index is 555. The molecular formula is C13H12ClN3O. The molecule has 0 aliphatic carbocycles. The summed E-state index contributed by atoms with van der Waals surface area (Å²) in [6, 6.07) is 9.50. The van der Waals surface area contributed by atoms with Crippen molar-refractivity contribution < 1.29 is 4.74 Å². The Labute approximate surface area is 110 Å². The van der Waals surface area contributed by atoms with E-state index < -0.39 is 0 Å². The van der Waals surface area contributed by atoms with Gasteiger partial charge in [0.15, 0.2) is 0 Å². The van der Waals surface area contributed by atoms with Crippen LogP contribution in [-0.4, -0.2) is 12.9 Å². The van der Waals surface area contributed by atoms with Gasteiger partial charge in [0.2, 0.25) is 5.88 Å². The maximum Gasteiger partial charge on any atom is 0.229 e. The molecule has 0 aromatic heterocycles. The van der Waals surface area contributed by atoms with Crippen molar-refractivity contribution in [1.29, 1.82) is 5.26 Å². The molecule has 1 aromatic carbocycles. The van der Waals surface area contributed by atoms with E-state index in [4.69, 9.17) is 22.1 Å². The first-order chi connectivity index (χ1) is 8.65. The fourth-order valence-electron chi connectivity index (χ4n) is 1.96. The van der Waals surface area contributed by atoms with Crippen LogP contribution in [0.1, 0.15) is 17.9 Å². The van der Waals surface area contributed by atoms with Crippen LogP contribution in [-0.2, 0) is 4.74 Å². The first kappa shape index (κ1) is 12.5. The third-order valence-electron chi connectivity index (χ3n) is 2.82.